The van der Waals surface area contributed by atoms with E-state index in [0.717, 1.165) is 0 Å². The summed E-state index contributed by atoms with van der Waals surface area (Å²) < 4.78 is 34.0. The maximum absolute atomic E-state index is 13.0. The number of esters is 2. The largest absolute Gasteiger partial charge is 0.423 e. The second-order valence-corrected chi connectivity index (χ2v) is 8.16. The average Bonchev–Trinajstić information content (AvgIpc) is 2.90. The van der Waals surface area contributed by atoms with Crippen LogP contribution in [0.15, 0.2) is 121 Å². The number of hydrogen-bond donors (Lipinski definition) is 0. The van der Waals surface area contributed by atoms with Crippen LogP contribution in [-0.2, 0) is 19.1 Å². The van der Waals surface area contributed by atoms with Gasteiger partial charge in [0.1, 0.15) is 23.0 Å². The zero-order valence-electron chi connectivity index (χ0n) is 20.8. The summed E-state index contributed by atoms with van der Waals surface area (Å²) in [4.78, 5) is 25.9. The van der Waals surface area contributed by atoms with Gasteiger partial charge in [-0.2, -0.15) is 0 Å². The molecule has 0 aliphatic rings. The van der Waals surface area contributed by atoms with Gasteiger partial charge in [-0.3, -0.25) is 0 Å². The van der Waals surface area contributed by atoms with Crippen molar-refractivity contribution in [3.8, 4) is 23.0 Å². The molecule has 0 aromatic heterocycles. The van der Waals surface area contributed by atoms with Crippen LogP contribution >= 0.6 is 0 Å². The third-order valence-corrected chi connectivity index (χ3v) is 4.91. The normalized spacial score (nSPS) is 11.1. The smallest absolute Gasteiger partial charge is 0.421 e. The Balaban J connectivity index is 1.53. The van der Waals surface area contributed by atoms with Gasteiger partial charge in [-0.05, 0) is 48.5 Å². The lowest BCUT2D eigenvalue weighted by atomic mass is 10.3. The molecular formula is C30H26O8. The van der Waals surface area contributed by atoms with E-state index < -0.39 is 23.9 Å². The Hall–Kier alpha value is -4.98. The van der Waals surface area contributed by atoms with Crippen molar-refractivity contribution in [2.45, 2.75) is 25.8 Å². The fourth-order valence-corrected chi connectivity index (χ4v) is 3.36. The molecule has 4 aromatic rings. The average molecular weight is 515 g/mol. The van der Waals surface area contributed by atoms with Crippen LogP contribution in [-0.4, -0.2) is 23.9 Å². The molecule has 0 aliphatic carbocycles. The van der Waals surface area contributed by atoms with Gasteiger partial charge in [-0.25, -0.2) is 9.59 Å². The summed E-state index contributed by atoms with van der Waals surface area (Å²) >= 11 is 0. The molecule has 0 fully saturated rings. The molecule has 0 aliphatic heterocycles. The maximum Gasteiger partial charge on any atom is 0.423 e. The molecule has 0 radical (unpaired) electrons. The van der Waals surface area contributed by atoms with Crippen LogP contribution in [0.1, 0.15) is 13.8 Å². The molecule has 8 nitrogen and oxygen atoms in total. The Morgan fingerprint density at radius 2 is 0.632 bits per heavy atom. The van der Waals surface area contributed by atoms with E-state index in [1.54, 1.807) is 121 Å². The first-order valence-corrected chi connectivity index (χ1v) is 11.8. The monoisotopic (exact) mass is 514 g/mol. The Labute approximate surface area is 220 Å². The minimum Gasteiger partial charge on any atom is -0.421 e. The summed E-state index contributed by atoms with van der Waals surface area (Å²) in [6.45, 7) is 2.72. The lowest BCUT2D eigenvalue weighted by Gasteiger charge is -2.31. The van der Waals surface area contributed by atoms with Crippen molar-refractivity contribution in [3.05, 3.63) is 121 Å². The predicted molar refractivity (Wildman–Crippen MR) is 137 cm³/mol. The molecule has 0 atom stereocenters. The highest BCUT2D eigenvalue weighted by molar-refractivity contribution is 6.29. The second kappa shape index (κ2) is 11.8. The molecule has 0 saturated heterocycles. The zero-order chi connectivity index (χ0) is 26.8. The Kier molecular flexibility index (Phi) is 8.13. The minimum atomic E-state index is -2.02. The molecule has 0 heterocycles. The van der Waals surface area contributed by atoms with Gasteiger partial charge < -0.3 is 28.4 Å². The molecule has 0 bridgehead atoms. The number of benzene rings is 4. The summed E-state index contributed by atoms with van der Waals surface area (Å²) in [5.74, 6) is -5.44. The summed E-state index contributed by atoms with van der Waals surface area (Å²) in [5, 5.41) is 0. The highest BCUT2D eigenvalue weighted by Gasteiger charge is 2.42. The quantitative estimate of drug-likeness (QED) is 0.150. The highest BCUT2D eigenvalue weighted by Crippen LogP contribution is 2.27. The van der Waals surface area contributed by atoms with Crippen LogP contribution in [0.4, 0.5) is 0 Å². The second-order valence-electron chi connectivity index (χ2n) is 8.16. The molecule has 0 saturated carbocycles. The van der Waals surface area contributed by atoms with Crippen LogP contribution in [0.3, 0.4) is 0 Å². The van der Waals surface area contributed by atoms with Crippen LogP contribution in [0.25, 0.3) is 0 Å². The topological polar surface area (TPSA) is 89.5 Å². The molecule has 38 heavy (non-hydrogen) atoms. The van der Waals surface area contributed by atoms with Gasteiger partial charge in [0.2, 0.25) is 0 Å². The first-order valence-electron chi connectivity index (χ1n) is 11.8. The standard InChI is InChI=1S/C30H26O8/c1-29(33-23-15-7-3-8-16-23,34-24-17-9-4-10-18-24)37-27(31)28(32)38-30(2,35-25-19-11-5-12-20-25)36-26-21-13-6-14-22-26/h3-22H,1-2H3. The zero-order valence-corrected chi connectivity index (χ0v) is 20.8. The summed E-state index contributed by atoms with van der Waals surface area (Å²) in [7, 11) is 0. The summed E-state index contributed by atoms with van der Waals surface area (Å²) in [6, 6.07) is 34.3. The molecule has 4 rings (SSSR count). The van der Waals surface area contributed by atoms with Crippen LogP contribution in [0, 0.1) is 0 Å². The van der Waals surface area contributed by atoms with Crippen molar-refractivity contribution in [3.63, 3.8) is 0 Å². The number of carbonyl (C=O) groups excluding carboxylic acids is 2. The van der Waals surface area contributed by atoms with E-state index in [2.05, 4.69) is 0 Å². The van der Waals surface area contributed by atoms with E-state index in [-0.39, 0.29) is 0 Å². The molecule has 0 N–H and O–H groups in total. The Bertz CT molecular complexity index is 1120. The molecular weight excluding hydrogens is 488 g/mol. The fraction of sp³-hybridized carbons (Fsp3) is 0.133. The number of ether oxygens (including phenoxy) is 6. The van der Waals surface area contributed by atoms with Crippen LogP contribution in [0.5, 0.6) is 23.0 Å². The van der Waals surface area contributed by atoms with Crippen molar-refractivity contribution in [1.29, 1.82) is 0 Å². The van der Waals surface area contributed by atoms with E-state index in [1.807, 2.05) is 0 Å². The number of rotatable bonds is 10. The molecule has 4 aromatic carbocycles. The van der Waals surface area contributed by atoms with Gasteiger partial charge in [0.05, 0.1) is 13.8 Å². The van der Waals surface area contributed by atoms with E-state index >= 15 is 0 Å². The van der Waals surface area contributed by atoms with Gasteiger partial charge in [0.15, 0.2) is 0 Å². The van der Waals surface area contributed by atoms with Crippen LogP contribution < -0.4 is 18.9 Å². The molecule has 194 valence electrons. The van der Waals surface area contributed by atoms with Crippen LogP contribution in [0.2, 0.25) is 0 Å². The lowest BCUT2D eigenvalue weighted by molar-refractivity contribution is -0.291. The van der Waals surface area contributed by atoms with E-state index in [9.17, 15) is 9.59 Å². The van der Waals surface area contributed by atoms with Crippen molar-refractivity contribution >= 4 is 11.9 Å². The Morgan fingerprint density at radius 1 is 0.421 bits per heavy atom. The predicted octanol–water partition coefficient (Wildman–Crippen LogP) is 5.74. The van der Waals surface area contributed by atoms with Crippen molar-refractivity contribution in [2.75, 3.05) is 0 Å². The number of carbonyl (C=O) groups is 2. The van der Waals surface area contributed by atoms with Gasteiger partial charge >= 0.3 is 23.9 Å². The van der Waals surface area contributed by atoms with E-state index in [4.69, 9.17) is 28.4 Å². The lowest BCUT2D eigenvalue weighted by Crippen LogP contribution is -2.49. The number of para-hydroxylation sites is 4. The highest BCUT2D eigenvalue weighted by atomic mass is 16.9. The Morgan fingerprint density at radius 3 is 0.842 bits per heavy atom. The van der Waals surface area contributed by atoms with Gasteiger partial charge in [0, 0.05) is 0 Å². The fourth-order valence-electron chi connectivity index (χ4n) is 3.36. The van der Waals surface area contributed by atoms with E-state index in [1.165, 1.54) is 13.8 Å². The van der Waals surface area contributed by atoms with Gasteiger partial charge in [0.25, 0.3) is 0 Å². The molecule has 0 spiro atoms. The first-order chi connectivity index (χ1) is 18.3. The van der Waals surface area contributed by atoms with Crippen molar-refractivity contribution in [2.24, 2.45) is 0 Å². The summed E-state index contributed by atoms with van der Waals surface area (Å²) in [5.41, 5.74) is 0. The van der Waals surface area contributed by atoms with Crippen molar-refractivity contribution in [1.82, 2.24) is 0 Å². The van der Waals surface area contributed by atoms with E-state index in [0.29, 0.717) is 23.0 Å². The van der Waals surface area contributed by atoms with Gasteiger partial charge in [-0.1, -0.05) is 72.8 Å². The first kappa shape index (κ1) is 26.1. The third kappa shape index (κ3) is 7.51. The molecule has 0 amide bonds. The summed E-state index contributed by atoms with van der Waals surface area (Å²) in [6.07, 6.45) is 0. The maximum atomic E-state index is 13.0. The minimum absolute atomic E-state index is 0.344. The van der Waals surface area contributed by atoms with Crippen molar-refractivity contribution < 1.29 is 38.0 Å². The third-order valence-electron chi connectivity index (χ3n) is 4.91. The van der Waals surface area contributed by atoms with Gasteiger partial charge in [-0.15, -0.1) is 0 Å². The SMILES string of the molecule is CC(OC(=O)C(=O)OC(C)(Oc1ccccc1)Oc1ccccc1)(Oc1ccccc1)Oc1ccccc1. The molecule has 8 heteroatoms. The number of hydrogen-bond acceptors (Lipinski definition) is 8. The molecule has 0 unspecified atom stereocenters.